The van der Waals surface area contributed by atoms with Crippen molar-refractivity contribution in [1.29, 1.82) is 0 Å². The summed E-state index contributed by atoms with van der Waals surface area (Å²) in [5, 5.41) is 20.6. The quantitative estimate of drug-likeness (QED) is 0.350. The van der Waals surface area contributed by atoms with Crippen molar-refractivity contribution in [2.24, 2.45) is 5.73 Å². The normalized spacial score (nSPS) is 12.4. The maximum absolute atomic E-state index is 11.9. The van der Waals surface area contributed by atoms with Crippen molar-refractivity contribution in [3.05, 3.63) is 30.1 Å². The van der Waals surface area contributed by atoms with Gasteiger partial charge in [0.2, 0.25) is 17.7 Å². The van der Waals surface area contributed by atoms with Crippen molar-refractivity contribution >= 4 is 29.7 Å². The second kappa shape index (κ2) is 12.0. The van der Waals surface area contributed by atoms with Crippen molar-refractivity contribution in [3.8, 4) is 0 Å². The van der Waals surface area contributed by atoms with Gasteiger partial charge in [-0.25, -0.2) is 9.59 Å². The van der Waals surface area contributed by atoms with E-state index in [1.54, 1.807) is 24.5 Å². The number of aliphatic carboxylic acids is 2. The lowest BCUT2D eigenvalue weighted by molar-refractivity contribution is -0.192. The Balaban J connectivity index is 0.00000103. The van der Waals surface area contributed by atoms with E-state index in [1.165, 1.54) is 6.92 Å². The molecule has 1 aromatic heterocycles. The van der Waals surface area contributed by atoms with Gasteiger partial charge in [-0.2, -0.15) is 13.2 Å². The molecule has 0 saturated heterocycles. The number of rotatable bonds is 8. The Morgan fingerprint density at radius 1 is 1.10 bits per heavy atom. The Bertz CT molecular complexity index is 772. The minimum absolute atomic E-state index is 0.0593. The first-order valence-corrected chi connectivity index (χ1v) is 8.03. The van der Waals surface area contributed by atoms with Gasteiger partial charge in [-0.1, -0.05) is 0 Å². The van der Waals surface area contributed by atoms with E-state index >= 15 is 0 Å². The second-order valence-electron chi connectivity index (χ2n) is 5.69. The van der Waals surface area contributed by atoms with Crippen molar-refractivity contribution in [2.45, 2.75) is 38.0 Å². The summed E-state index contributed by atoms with van der Waals surface area (Å²) in [6.07, 6.45) is -2.47. The Morgan fingerprint density at radius 2 is 1.60 bits per heavy atom. The van der Waals surface area contributed by atoms with Gasteiger partial charge in [0.15, 0.2) is 0 Å². The highest BCUT2D eigenvalue weighted by atomic mass is 19.4. The fourth-order valence-electron chi connectivity index (χ4n) is 1.74. The molecule has 0 bridgehead atoms. The van der Waals surface area contributed by atoms with E-state index in [4.69, 9.17) is 20.7 Å². The van der Waals surface area contributed by atoms with Gasteiger partial charge in [-0.15, -0.1) is 0 Å². The Kier molecular flexibility index (Phi) is 10.5. The summed E-state index contributed by atoms with van der Waals surface area (Å²) in [6, 6.07) is 0.938. The highest BCUT2D eigenvalue weighted by Crippen LogP contribution is 2.13. The molecule has 3 amide bonds. The molecule has 0 spiro atoms. The van der Waals surface area contributed by atoms with E-state index in [0.29, 0.717) is 0 Å². The minimum Gasteiger partial charge on any atom is -0.480 e. The third-order valence-corrected chi connectivity index (χ3v) is 3.15. The maximum atomic E-state index is 11.9. The van der Waals surface area contributed by atoms with Crippen LogP contribution < -0.4 is 16.4 Å². The second-order valence-corrected chi connectivity index (χ2v) is 5.69. The van der Waals surface area contributed by atoms with Gasteiger partial charge in [0.05, 0.1) is 12.8 Å². The first-order valence-electron chi connectivity index (χ1n) is 8.03. The molecule has 1 heterocycles. The van der Waals surface area contributed by atoms with E-state index in [9.17, 15) is 32.3 Å². The van der Waals surface area contributed by atoms with Crippen LogP contribution in [0.1, 0.15) is 18.9 Å². The number of amides is 3. The summed E-state index contributed by atoms with van der Waals surface area (Å²) in [4.78, 5) is 58.1. The molecule has 0 aliphatic rings. The van der Waals surface area contributed by atoms with Gasteiger partial charge in [0.1, 0.15) is 12.1 Å². The molecular formula is C16H19F3N4O7. The fraction of sp³-hybridized carbons (Fsp3) is 0.375. The van der Waals surface area contributed by atoms with Crippen LogP contribution in [0.25, 0.3) is 0 Å². The number of nitrogens with zero attached hydrogens (tertiary/aromatic N) is 1. The molecule has 0 fully saturated rings. The maximum Gasteiger partial charge on any atom is 0.490 e. The lowest BCUT2D eigenvalue weighted by atomic mass is 10.1. The molecule has 0 saturated carbocycles. The zero-order valence-corrected chi connectivity index (χ0v) is 15.5. The predicted octanol–water partition coefficient (Wildman–Crippen LogP) is -0.793. The topological polar surface area (TPSA) is 189 Å². The first-order chi connectivity index (χ1) is 13.7. The molecule has 0 unspecified atom stereocenters. The van der Waals surface area contributed by atoms with Crippen LogP contribution in [0, 0.1) is 0 Å². The number of carbonyl (C=O) groups excluding carboxylic acids is 3. The van der Waals surface area contributed by atoms with Gasteiger partial charge in [0, 0.05) is 12.4 Å². The Hall–Kier alpha value is -3.71. The monoisotopic (exact) mass is 436 g/mol. The van der Waals surface area contributed by atoms with Crippen LogP contribution in [0.2, 0.25) is 0 Å². The molecule has 0 radical (unpaired) electrons. The molecule has 1 aromatic rings. The lowest BCUT2D eigenvalue weighted by Crippen LogP contribution is -2.51. The van der Waals surface area contributed by atoms with Crippen LogP contribution in [-0.4, -0.2) is 63.1 Å². The summed E-state index contributed by atoms with van der Waals surface area (Å²) in [7, 11) is 0. The zero-order valence-electron chi connectivity index (χ0n) is 15.5. The number of aromatic nitrogens is 1. The number of carbonyl (C=O) groups is 5. The number of carboxylic acid groups (broad SMARTS) is 2. The van der Waals surface area contributed by atoms with Crippen molar-refractivity contribution < 1.29 is 47.4 Å². The van der Waals surface area contributed by atoms with Gasteiger partial charge < -0.3 is 26.6 Å². The van der Waals surface area contributed by atoms with Gasteiger partial charge in [-0.05, 0) is 24.6 Å². The summed E-state index contributed by atoms with van der Waals surface area (Å²) in [5.41, 5.74) is 5.65. The average molecular weight is 436 g/mol. The standard InChI is InChI=1S/C14H18N4O5.C2HF3O2/c1-8(13(21)18-10(14(22)23)7-11(15)19)17-12(20)6-9-2-4-16-5-3-9;3-2(4,5)1(6)7/h2-5,8,10H,6-7H2,1H3,(H2,15,19)(H,17,20)(H,18,21)(H,22,23);(H,6,7)/t8-,10-;/m0./s1. The number of primary amides is 1. The highest BCUT2D eigenvalue weighted by molar-refractivity contribution is 5.92. The number of nitrogens with two attached hydrogens (primary N) is 1. The molecule has 2 atom stereocenters. The first kappa shape index (κ1) is 26.3. The molecule has 30 heavy (non-hydrogen) atoms. The lowest BCUT2D eigenvalue weighted by Gasteiger charge is -2.18. The third kappa shape index (κ3) is 11.2. The van der Waals surface area contributed by atoms with E-state index in [0.717, 1.165) is 5.56 Å². The number of carboxylic acids is 2. The molecule has 166 valence electrons. The minimum atomic E-state index is -5.08. The number of pyridine rings is 1. The molecule has 11 nitrogen and oxygen atoms in total. The SMILES string of the molecule is C[C@H](NC(=O)Cc1ccncc1)C(=O)N[C@@H](CC(N)=O)C(=O)O.O=C(O)C(F)(F)F. The van der Waals surface area contributed by atoms with Gasteiger partial charge >= 0.3 is 18.1 Å². The van der Waals surface area contributed by atoms with Crippen LogP contribution in [-0.2, 0) is 30.4 Å². The average Bonchev–Trinajstić information content (AvgIpc) is 2.60. The number of hydrogen-bond acceptors (Lipinski definition) is 6. The molecule has 14 heteroatoms. The molecular weight excluding hydrogens is 417 g/mol. The molecule has 0 aliphatic carbocycles. The number of nitrogens with one attached hydrogen (secondary N) is 2. The summed E-state index contributed by atoms with van der Waals surface area (Å²) < 4.78 is 31.7. The van der Waals surface area contributed by atoms with Crippen LogP contribution in [0.4, 0.5) is 13.2 Å². The molecule has 6 N–H and O–H groups in total. The smallest absolute Gasteiger partial charge is 0.480 e. The number of alkyl halides is 3. The largest absolute Gasteiger partial charge is 0.490 e. The number of hydrogen-bond donors (Lipinski definition) is 5. The van der Waals surface area contributed by atoms with Crippen molar-refractivity contribution in [2.75, 3.05) is 0 Å². The Morgan fingerprint density at radius 3 is 2.00 bits per heavy atom. The summed E-state index contributed by atoms with van der Waals surface area (Å²) in [5.74, 6) is -6.12. The van der Waals surface area contributed by atoms with Gasteiger partial charge in [-0.3, -0.25) is 19.4 Å². The van der Waals surface area contributed by atoms with Crippen LogP contribution in [0.3, 0.4) is 0 Å². The van der Waals surface area contributed by atoms with E-state index in [-0.39, 0.29) is 6.42 Å². The van der Waals surface area contributed by atoms with Crippen LogP contribution in [0.15, 0.2) is 24.5 Å². The predicted molar refractivity (Wildman–Crippen MR) is 92.6 cm³/mol. The molecule has 1 rings (SSSR count). The number of halogens is 3. The van der Waals surface area contributed by atoms with E-state index in [1.807, 2.05) is 0 Å². The third-order valence-electron chi connectivity index (χ3n) is 3.15. The fourth-order valence-corrected chi connectivity index (χ4v) is 1.74. The summed E-state index contributed by atoms with van der Waals surface area (Å²) in [6.45, 7) is 1.41. The van der Waals surface area contributed by atoms with Crippen LogP contribution in [0.5, 0.6) is 0 Å². The molecule has 0 aliphatic heterocycles. The van der Waals surface area contributed by atoms with Crippen LogP contribution >= 0.6 is 0 Å². The summed E-state index contributed by atoms with van der Waals surface area (Å²) >= 11 is 0. The van der Waals surface area contributed by atoms with Crippen molar-refractivity contribution in [3.63, 3.8) is 0 Å². The van der Waals surface area contributed by atoms with Gasteiger partial charge in [0.25, 0.3) is 0 Å². The van der Waals surface area contributed by atoms with E-state index < -0.39 is 54.3 Å². The van der Waals surface area contributed by atoms with E-state index in [2.05, 4.69) is 15.6 Å². The zero-order chi connectivity index (χ0) is 23.5. The highest BCUT2D eigenvalue weighted by Gasteiger charge is 2.38. The molecule has 0 aromatic carbocycles. The van der Waals surface area contributed by atoms with Crippen molar-refractivity contribution in [1.82, 2.24) is 15.6 Å². The Labute approximate surface area is 167 Å².